The Kier molecular flexibility index (Phi) is 9.18. The Morgan fingerprint density at radius 3 is 2.42 bits per heavy atom. The predicted octanol–water partition coefficient (Wildman–Crippen LogP) is 4.73. The molecule has 5 aliphatic carbocycles. The third kappa shape index (κ3) is 5.44. The van der Waals surface area contributed by atoms with Crippen LogP contribution in [0, 0.1) is 57.2 Å². The number of carbonyl (C=O) groups is 1. The van der Waals surface area contributed by atoms with Crippen LogP contribution in [0.1, 0.15) is 99.3 Å². The SMILES string of the molecule is CC(C)C(OC(=O)N1CCC1)C1CC(C)C2C(O1)C(O)C1(N)C3CCC4C(C)(C)C(OC5CN(CC6CN(C7COC7)C6)CCO5)CCC45CC35CCC21C. The van der Waals surface area contributed by atoms with Crippen molar-refractivity contribution in [1.29, 1.82) is 0 Å². The highest BCUT2D eigenvalue weighted by Crippen LogP contribution is 2.87. The molecule has 3 N–H and O–H groups in total. The molecule has 1 amide bonds. The van der Waals surface area contributed by atoms with Gasteiger partial charge in [0.1, 0.15) is 6.10 Å². The molecule has 0 bridgehead atoms. The van der Waals surface area contributed by atoms with Gasteiger partial charge in [-0.1, -0.05) is 41.5 Å². The summed E-state index contributed by atoms with van der Waals surface area (Å²) in [5.41, 5.74) is 7.48. The first-order valence-electron chi connectivity index (χ1n) is 22.6. The Labute approximate surface area is 330 Å². The lowest BCUT2D eigenvalue weighted by Gasteiger charge is -2.63. The predicted molar refractivity (Wildman–Crippen MR) is 207 cm³/mol. The molecule has 5 aliphatic heterocycles. The number of likely N-dealkylation sites (tertiary alicyclic amines) is 2. The van der Waals surface area contributed by atoms with Crippen molar-refractivity contribution in [1.82, 2.24) is 14.7 Å². The van der Waals surface area contributed by atoms with Gasteiger partial charge in [0, 0.05) is 45.8 Å². The molecule has 10 aliphatic rings. The third-order valence-corrected chi connectivity index (χ3v) is 18.7. The van der Waals surface area contributed by atoms with Crippen LogP contribution in [0.4, 0.5) is 4.79 Å². The molecule has 0 aromatic carbocycles. The lowest BCUT2D eigenvalue weighted by atomic mass is 9.43. The van der Waals surface area contributed by atoms with Crippen molar-refractivity contribution in [2.45, 2.75) is 148 Å². The molecule has 310 valence electrons. The summed E-state index contributed by atoms with van der Waals surface area (Å²) in [7, 11) is 0. The van der Waals surface area contributed by atoms with Crippen molar-refractivity contribution in [2.24, 2.45) is 62.9 Å². The maximum atomic E-state index is 13.0. The number of ether oxygens (including phenoxy) is 5. The van der Waals surface area contributed by atoms with Crippen LogP contribution in [0.15, 0.2) is 0 Å². The number of carbonyl (C=O) groups excluding carboxylic acids is 1. The van der Waals surface area contributed by atoms with Gasteiger partial charge in [-0.05, 0) is 115 Å². The Morgan fingerprint density at radius 2 is 1.73 bits per heavy atom. The monoisotopic (exact) mass is 769 g/mol. The minimum atomic E-state index is -0.739. The van der Waals surface area contributed by atoms with E-state index in [0.29, 0.717) is 17.9 Å². The van der Waals surface area contributed by atoms with Gasteiger partial charge in [0.05, 0.1) is 55.8 Å². The van der Waals surface area contributed by atoms with Crippen LogP contribution < -0.4 is 5.73 Å². The normalized spacial score (nSPS) is 50.0. The molecule has 2 spiro atoms. The van der Waals surface area contributed by atoms with E-state index >= 15 is 0 Å². The topological polar surface area (TPSA) is 119 Å². The first-order valence-corrected chi connectivity index (χ1v) is 22.6. The fourth-order valence-electron chi connectivity index (χ4n) is 15.6. The second kappa shape index (κ2) is 13.2. The maximum Gasteiger partial charge on any atom is 0.410 e. The molecular weight excluding hydrogens is 697 g/mol. The van der Waals surface area contributed by atoms with E-state index in [4.69, 9.17) is 29.4 Å². The third-order valence-electron chi connectivity index (χ3n) is 18.7. The van der Waals surface area contributed by atoms with E-state index in [1.165, 1.54) is 32.4 Å². The van der Waals surface area contributed by atoms with E-state index in [0.717, 1.165) is 97.0 Å². The molecule has 11 nitrogen and oxygen atoms in total. The minimum absolute atomic E-state index is 0.0344. The molecule has 5 saturated heterocycles. The molecule has 0 radical (unpaired) electrons. The van der Waals surface area contributed by atoms with Crippen LogP contribution in [0.5, 0.6) is 0 Å². The summed E-state index contributed by atoms with van der Waals surface area (Å²) >= 11 is 0. The second-order valence-corrected chi connectivity index (χ2v) is 21.8. The summed E-state index contributed by atoms with van der Waals surface area (Å²) in [6.45, 7) is 23.5. The zero-order valence-electron chi connectivity index (χ0n) is 34.8. The number of fused-ring (bicyclic) bond motifs is 4. The Hall–Kier alpha value is -1.05. The first kappa shape index (κ1) is 38.2. The van der Waals surface area contributed by atoms with Gasteiger partial charge in [-0.2, -0.15) is 0 Å². The largest absolute Gasteiger partial charge is 0.443 e. The summed E-state index contributed by atoms with van der Waals surface area (Å²) in [6.07, 6.45) is 7.92. The van der Waals surface area contributed by atoms with Gasteiger partial charge in [-0.25, -0.2) is 4.79 Å². The summed E-state index contributed by atoms with van der Waals surface area (Å²) in [6, 6.07) is 0.651. The number of hydrogen-bond donors (Lipinski definition) is 2. The highest BCUT2D eigenvalue weighted by molar-refractivity contribution is 5.68. The number of amides is 1. The summed E-state index contributed by atoms with van der Waals surface area (Å²) in [5, 5.41) is 12.6. The van der Waals surface area contributed by atoms with Crippen molar-refractivity contribution < 1.29 is 33.6 Å². The molecule has 10 rings (SSSR count). The zero-order valence-corrected chi connectivity index (χ0v) is 34.8. The van der Waals surface area contributed by atoms with Crippen molar-refractivity contribution >= 4 is 6.09 Å². The molecule has 14 unspecified atom stereocenters. The number of nitrogens with two attached hydrogens (primary N) is 1. The van der Waals surface area contributed by atoms with E-state index in [-0.39, 0.29) is 76.2 Å². The van der Waals surface area contributed by atoms with E-state index < -0.39 is 11.6 Å². The number of nitrogens with zero attached hydrogens (tertiary/aromatic N) is 3. The van der Waals surface area contributed by atoms with Crippen LogP contribution in [0.25, 0.3) is 0 Å². The maximum absolute atomic E-state index is 13.0. The molecular formula is C44H72N4O7. The number of aliphatic hydroxyl groups is 1. The van der Waals surface area contributed by atoms with Crippen molar-refractivity contribution in [3.63, 3.8) is 0 Å². The Balaban J connectivity index is 0.821. The lowest BCUT2D eigenvalue weighted by molar-refractivity contribution is -0.247. The van der Waals surface area contributed by atoms with Gasteiger partial charge in [-0.15, -0.1) is 0 Å². The smallest absolute Gasteiger partial charge is 0.410 e. The number of morpholine rings is 1. The van der Waals surface area contributed by atoms with Crippen LogP contribution in [-0.4, -0.2) is 140 Å². The van der Waals surface area contributed by atoms with Gasteiger partial charge in [-0.3, -0.25) is 9.80 Å². The van der Waals surface area contributed by atoms with Gasteiger partial charge in [0.15, 0.2) is 6.29 Å². The first-order chi connectivity index (χ1) is 26.2. The number of rotatable bonds is 8. The second-order valence-electron chi connectivity index (χ2n) is 21.8. The van der Waals surface area contributed by atoms with Gasteiger partial charge >= 0.3 is 6.09 Å². The fraction of sp³-hybridized carbons (Fsp3) is 0.977. The van der Waals surface area contributed by atoms with Crippen molar-refractivity contribution in [3.05, 3.63) is 0 Å². The molecule has 14 atom stereocenters. The van der Waals surface area contributed by atoms with Gasteiger partial charge in [0.2, 0.25) is 0 Å². The van der Waals surface area contributed by atoms with Crippen LogP contribution in [0.2, 0.25) is 0 Å². The number of hydrogen-bond acceptors (Lipinski definition) is 10. The van der Waals surface area contributed by atoms with E-state index in [1.54, 1.807) is 4.90 Å². The standard InChI is InChI=1S/C44H72N4O7/c1-26(2)36(55-39(50)47-14-7-15-47)30-18-27(3)35-37(53-30)38(49)44(45)32-9-8-31-40(4,5)33(10-11-42(31)25-43(32,42)13-12-41(35,44)6)54-34-22-46(16-17-52-34)19-28-20-48(21-28)29-23-51-24-29/h26-38,49H,7-25,45H2,1-6H3. The molecule has 55 heavy (non-hydrogen) atoms. The quantitative estimate of drug-likeness (QED) is 0.359. The highest BCUT2D eigenvalue weighted by Gasteiger charge is 2.85. The molecule has 11 heteroatoms. The summed E-state index contributed by atoms with van der Waals surface area (Å²) in [4.78, 5) is 20.0. The Morgan fingerprint density at radius 1 is 0.982 bits per heavy atom. The molecule has 5 heterocycles. The highest BCUT2D eigenvalue weighted by atomic mass is 16.7. The fourth-order valence-corrected chi connectivity index (χ4v) is 15.6. The van der Waals surface area contributed by atoms with Gasteiger partial charge < -0.3 is 39.4 Å². The van der Waals surface area contributed by atoms with Crippen LogP contribution in [-0.2, 0) is 23.7 Å². The van der Waals surface area contributed by atoms with E-state index in [1.807, 2.05) is 0 Å². The molecule has 5 saturated carbocycles. The minimum Gasteiger partial charge on any atom is -0.443 e. The molecule has 10 fully saturated rings. The van der Waals surface area contributed by atoms with E-state index in [2.05, 4.69) is 51.3 Å². The molecule has 0 aromatic rings. The molecule has 0 aromatic heterocycles. The number of aliphatic hydroxyl groups excluding tert-OH is 1. The van der Waals surface area contributed by atoms with Crippen molar-refractivity contribution in [2.75, 3.05) is 65.6 Å². The lowest BCUT2D eigenvalue weighted by Crippen LogP contribution is -2.70. The van der Waals surface area contributed by atoms with Crippen LogP contribution in [0.3, 0.4) is 0 Å². The average molecular weight is 769 g/mol. The summed E-state index contributed by atoms with van der Waals surface area (Å²) in [5.74, 6) is 2.20. The Bertz CT molecular complexity index is 1490. The van der Waals surface area contributed by atoms with Gasteiger partial charge in [0.25, 0.3) is 0 Å². The van der Waals surface area contributed by atoms with E-state index in [9.17, 15) is 9.90 Å². The summed E-state index contributed by atoms with van der Waals surface area (Å²) < 4.78 is 31.9. The average Bonchev–Trinajstić information content (AvgIpc) is 3.70. The van der Waals surface area contributed by atoms with Crippen LogP contribution >= 0.6 is 0 Å². The van der Waals surface area contributed by atoms with Crippen molar-refractivity contribution in [3.8, 4) is 0 Å². The zero-order chi connectivity index (χ0) is 38.3.